The van der Waals surface area contributed by atoms with E-state index in [1.165, 1.54) is 13.2 Å². The van der Waals surface area contributed by atoms with Crippen LogP contribution in [0.1, 0.15) is 24.0 Å². The van der Waals surface area contributed by atoms with Gasteiger partial charge in [0.2, 0.25) is 11.8 Å². The topological polar surface area (TPSA) is 70.7 Å². The minimum absolute atomic E-state index is 0.0297. The number of nitrogens with one attached hydrogen (secondary N) is 2. The number of methoxy groups -OCH3 is 1. The van der Waals surface area contributed by atoms with E-state index in [9.17, 15) is 14.0 Å². The number of carbonyl (C=O) groups excluding carboxylic acids is 2. The zero-order valence-corrected chi connectivity index (χ0v) is 18.5. The van der Waals surface area contributed by atoms with Crippen LogP contribution in [0.15, 0.2) is 36.4 Å². The third kappa shape index (κ3) is 6.42. The molecule has 1 heterocycles. The first kappa shape index (κ1) is 23.0. The van der Waals surface area contributed by atoms with Gasteiger partial charge >= 0.3 is 0 Å². The largest absolute Gasteiger partial charge is 0.495 e. The van der Waals surface area contributed by atoms with Gasteiger partial charge in [-0.3, -0.25) is 14.5 Å². The fraction of sp³-hybridized carbons (Fsp3) is 0.391. The predicted octanol–water partition coefficient (Wildman–Crippen LogP) is 3.76. The summed E-state index contributed by atoms with van der Waals surface area (Å²) in [6.07, 6.45) is 1.35. The molecule has 0 radical (unpaired) electrons. The lowest BCUT2D eigenvalue weighted by Gasteiger charge is -2.30. The average Bonchev–Trinajstić information content (AvgIpc) is 2.75. The second-order valence-corrected chi connectivity index (χ2v) is 8.16. The molecule has 0 aromatic heterocycles. The van der Waals surface area contributed by atoms with E-state index in [4.69, 9.17) is 16.3 Å². The van der Waals surface area contributed by atoms with Crippen molar-refractivity contribution in [3.8, 4) is 5.75 Å². The second kappa shape index (κ2) is 10.6. The Morgan fingerprint density at radius 2 is 1.94 bits per heavy atom. The number of anilines is 1. The maximum atomic E-state index is 13.6. The van der Waals surface area contributed by atoms with E-state index >= 15 is 0 Å². The summed E-state index contributed by atoms with van der Waals surface area (Å²) >= 11 is 6.09. The maximum absolute atomic E-state index is 13.6. The van der Waals surface area contributed by atoms with Gasteiger partial charge in [-0.1, -0.05) is 23.7 Å². The molecule has 2 amide bonds. The Bertz CT molecular complexity index is 946. The molecule has 3 rings (SSSR count). The Kier molecular flexibility index (Phi) is 7.87. The summed E-state index contributed by atoms with van der Waals surface area (Å²) < 4.78 is 18.7. The highest BCUT2D eigenvalue weighted by atomic mass is 35.5. The molecule has 1 aliphatic heterocycles. The van der Waals surface area contributed by atoms with Gasteiger partial charge in [0.05, 0.1) is 18.7 Å². The van der Waals surface area contributed by atoms with E-state index in [-0.39, 0.29) is 30.1 Å². The van der Waals surface area contributed by atoms with E-state index in [0.29, 0.717) is 54.5 Å². The number of halogens is 2. The van der Waals surface area contributed by atoms with Gasteiger partial charge < -0.3 is 15.4 Å². The summed E-state index contributed by atoms with van der Waals surface area (Å²) in [4.78, 5) is 26.8. The molecular weight excluding hydrogens is 421 g/mol. The lowest BCUT2D eigenvalue weighted by atomic mass is 9.95. The summed E-state index contributed by atoms with van der Waals surface area (Å²) in [5, 5.41) is 6.15. The Morgan fingerprint density at radius 1 is 1.19 bits per heavy atom. The fourth-order valence-electron chi connectivity index (χ4n) is 3.58. The van der Waals surface area contributed by atoms with Crippen molar-refractivity contribution in [2.45, 2.75) is 26.3 Å². The number of piperidine rings is 1. The highest BCUT2D eigenvalue weighted by molar-refractivity contribution is 6.32. The van der Waals surface area contributed by atoms with E-state index < -0.39 is 0 Å². The van der Waals surface area contributed by atoms with Crippen molar-refractivity contribution in [3.05, 3.63) is 58.4 Å². The van der Waals surface area contributed by atoms with Crippen molar-refractivity contribution >= 4 is 29.1 Å². The van der Waals surface area contributed by atoms with Crippen LogP contribution in [0, 0.1) is 18.7 Å². The van der Waals surface area contributed by atoms with Crippen molar-refractivity contribution in [1.29, 1.82) is 0 Å². The Labute approximate surface area is 186 Å². The molecule has 0 unspecified atom stereocenters. The SMILES string of the molecule is COc1ccc(NC(=O)CN2CCC(C(=O)NCc3ccc(C)c(F)c3)CC2)cc1Cl. The van der Waals surface area contributed by atoms with E-state index in [1.54, 1.807) is 31.2 Å². The summed E-state index contributed by atoms with van der Waals surface area (Å²) in [7, 11) is 1.53. The summed E-state index contributed by atoms with van der Waals surface area (Å²) in [6.45, 7) is 3.59. The van der Waals surface area contributed by atoms with Crippen LogP contribution in [0.2, 0.25) is 5.02 Å². The average molecular weight is 448 g/mol. The number of hydrogen-bond donors (Lipinski definition) is 2. The molecule has 1 saturated heterocycles. The summed E-state index contributed by atoms with van der Waals surface area (Å²) in [5.74, 6) is 0.0151. The van der Waals surface area contributed by atoms with Crippen LogP contribution in [0.25, 0.3) is 0 Å². The van der Waals surface area contributed by atoms with Crippen LogP contribution in [0.5, 0.6) is 5.75 Å². The highest BCUT2D eigenvalue weighted by Crippen LogP contribution is 2.27. The fourth-order valence-corrected chi connectivity index (χ4v) is 3.84. The molecule has 8 heteroatoms. The van der Waals surface area contributed by atoms with Gasteiger partial charge in [-0.15, -0.1) is 0 Å². The Hall–Kier alpha value is -2.64. The molecule has 31 heavy (non-hydrogen) atoms. The van der Waals surface area contributed by atoms with Gasteiger partial charge in [-0.05, 0) is 68.2 Å². The Morgan fingerprint density at radius 3 is 2.58 bits per heavy atom. The molecule has 1 fully saturated rings. The molecule has 1 aliphatic rings. The number of hydrogen-bond acceptors (Lipinski definition) is 4. The minimum Gasteiger partial charge on any atom is -0.495 e. The van der Waals surface area contributed by atoms with E-state index in [1.807, 2.05) is 11.0 Å². The maximum Gasteiger partial charge on any atom is 0.238 e. The van der Waals surface area contributed by atoms with Crippen LogP contribution in [-0.2, 0) is 16.1 Å². The third-order valence-electron chi connectivity index (χ3n) is 5.46. The molecular formula is C23H27ClFN3O3. The number of likely N-dealkylation sites (tertiary alicyclic amines) is 1. The number of aryl methyl sites for hydroxylation is 1. The van der Waals surface area contributed by atoms with Crippen molar-refractivity contribution in [2.24, 2.45) is 5.92 Å². The molecule has 2 aromatic rings. The number of benzene rings is 2. The molecule has 0 aliphatic carbocycles. The quantitative estimate of drug-likeness (QED) is 0.678. The highest BCUT2D eigenvalue weighted by Gasteiger charge is 2.25. The van der Waals surface area contributed by atoms with Crippen molar-refractivity contribution in [2.75, 3.05) is 32.1 Å². The van der Waals surface area contributed by atoms with E-state index in [2.05, 4.69) is 10.6 Å². The molecule has 2 aromatic carbocycles. The number of ether oxygens (including phenoxy) is 1. The molecule has 2 N–H and O–H groups in total. The second-order valence-electron chi connectivity index (χ2n) is 7.75. The predicted molar refractivity (Wildman–Crippen MR) is 119 cm³/mol. The molecule has 0 atom stereocenters. The number of nitrogens with zero attached hydrogens (tertiary/aromatic N) is 1. The summed E-state index contributed by atoms with van der Waals surface area (Å²) in [5.41, 5.74) is 1.93. The van der Waals surface area contributed by atoms with Gasteiger partial charge in [0.1, 0.15) is 11.6 Å². The zero-order valence-electron chi connectivity index (χ0n) is 17.7. The van der Waals surface area contributed by atoms with Crippen molar-refractivity contribution in [3.63, 3.8) is 0 Å². The Balaban J connectivity index is 1.41. The third-order valence-corrected chi connectivity index (χ3v) is 5.76. The van der Waals surface area contributed by atoms with Crippen LogP contribution < -0.4 is 15.4 Å². The number of rotatable bonds is 7. The van der Waals surface area contributed by atoms with Gasteiger partial charge in [0, 0.05) is 18.2 Å². The number of carbonyl (C=O) groups is 2. The van der Waals surface area contributed by atoms with Gasteiger partial charge in [-0.2, -0.15) is 0 Å². The monoisotopic (exact) mass is 447 g/mol. The molecule has 0 saturated carbocycles. The van der Waals surface area contributed by atoms with Crippen molar-refractivity contribution < 1.29 is 18.7 Å². The van der Waals surface area contributed by atoms with Gasteiger partial charge in [-0.25, -0.2) is 4.39 Å². The van der Waals surface area contributed by atoms with Crippen molar-refractivity contribution in [1.82, 2.24) is 10.2 Å². The standard InChI is InChI=1S/C23H27ClFN3O3/c1-15-3-4-16(11-20(15)25)13-26-23(30)17-7-9-28(10-8-17)14-22(29)27-18-5-6-21(31-2)19(24)12-18/h3-6,11-12,17H,7-10,13-14H2,1-2H3,(H,26,30)(H,27,29). The lowest BCUT2D eigenvalue weighted by Crippen LogP contribution is -2.43. The first-order valence-electron chi connectivity index (χ1n) is 10.2. The van der Waals surface area contributed by atoms with Crippen LogP contribution in [-0.4, -0.2) is 43.5 Å². The zero-order chi connectivity index (χ0) is 22.4. The van der Waals surface area contributed by atoms with Gasteiger partial charge in [0.25, 0.3) is 0 Å². The molecule has 0 bridgehead atoms. The smallest absolute Gasteiger partial charge is 0.238 e. The van der Waals surface area contributed by atoms with E-state index in [0.717, 1.165) is 5.56 Å². The lowest BCUT2D eigenvalue weighted by molar-refractivity contribution is -0.126. The first-order chi connectivity index (χ1) is 14.9. The number of amides is 2. The molecule has 0 spiro atoms. The van der Waals surface area contributed by atoms with Crippen LogP contribution >= 0.6 is 11.6 Å². The summed E-state index contributed by atoms with van der Waals surface area (Å²) in [6, 6.07) is 10.1. The minimum atomic E-state index is -0.268. The first-order valence-corrected chi connectivity index (χ1v) is 10.6. The molecule has 166 valence electrons. The van der Waals surface area contributed by atoms with Crippen LogP contribution in [0.3, 0.4) is 0 Å². The van der Waals surface area contributed by atoms with Gasteiger partial charge in [0.15, 0.2) is 0 Å². The normalized spacial score (nSPS) is 14.8. The van der Waals surface area contributed by atoms with Crippen LogP contribution in [0.4, 0.5) is 10.1 Å². The molecule has 6 nitrogen and oxygen atoms in total.